The predicted molar refractivity (Wildman–Crippen MR) is 164 cm³/mol. The molecule has 3 aromatic rings. The van der Waals surface area contributed by atoms with Gasteiger partial charge in [0.15, 0.2) is 0 Å². The summed E-state index contributed by atoms with van der Waals surface area (Å²) in [4.78, 5) is 24.0. The number of piperidine rings is 1. The molecule has 1 unspecified atom stereocenters. The van der Waals surface area contributed by atoms with Gasteiger partial charge in [-0.25, -0.2) is 0 Å². The molecular weight excluding hydrogens is 597 g/mol. The lowest BCUT2D eigenvalue weighted by molar-refractivity contribution is -0.185. The van der Waals surface area contributed by atoms with E-state index in [1.165, 1.54) is 4.90 Å². The fraction of sp³-hybridized carbons (Fsp3) is 0.452. The molecule has 2 aromatic carbocycles. The van der Waals surface area contributed by atoms with E-state index < -0.39 is 12.1 Å². The summed E-state index contributed by atoms with van der Waals surface area (Å²) < 4.78 is 51.0. The minimum absolute atomic E-state index is 0.0473. The van der Waals surface area contributed by atoms with Gasteiger partial charge in [-0.1, -0.05) is 35.7 Å². The van der Waals surface area contributed by atoms with Crippen LogP contribution in [0.15, 0.2) is 79.1 Å². The third-order valence-electron chi connectivity index (χ3n) is 8.20. The Hall–Kier alpha value is -2.64. The minimum atomic E-state index is -4.11. The van der Waals surface area contributed by atoms with Crippen LogP contribution >= 0.6 is 23.5 Å². The summed E-state index contributed by atoms with van der Waals surface area (Å²) in [5.74, 6) is -1.20. The largest absolute Gasteiger partial charge is 0.391 e. The number of H-pyrrole nitrogens is 1. The van der Waals surface area contributed by atoms with Crippen molar-refractivity contribution in [2.75, 3.05) is 63.3 Å². The van der Waals surface area contributed by atoms with Crippen molar-refractivity contribution in [2.45, 2.75) is 50.7 Å². The first-order valence-electron chi connectivity index (χ1n) is 14.5. The summed E-state index contributed by atoms with van der Waals surface area (Å²) >= 11 is 3.45. The van der Waals surface area contributed by atoms with Gasteiger partial charge in [0.1, 0.15) is 11.8 Å². The first-order chi connectivity index (χ1) is 20.8. The van der Waals surface area contributed by atoms with E-state index in [4.69, 9.17) is 9.47 Å². The number of pyridine rings is 1. The van der Waals surface area contributed by atoms with Crippen molar-refractivity contribution in [3.05, 3.63) is 70.6 Å². The van der Waals surface area contributed by atoms with Gasteiger partial charge in [-0.05, 0) is 67.9 Å². The summed E-state index contributed by atoms with van der Waals surface area (Å²) in [6.45, 7) is 3.75. The lowest BCUT2D eigenvalue weighted by Gasteiger charge is -2.35. The molecule has 1 aromatic heterocycles. The molecule has 6 rings (SSSR count). The van der Waals surface area contributed by atoms with Gasteiger partial charge in [0, 0.05) is 58.2 Å². The Balaban J connectivity index is 1.13. The molecule has 3 aliphatic heterocycles. The first-order valence-corrected chi connectivity index (χ1v) is 16.1. The van der Waals surface area contributed by atoms with Gasteiger partial charge in [-0.15, -0.1) is 0 Å². The van der Waals surface area contributed by atoms with E-state index in [-0.39, 0.29) is 30.5 Å². The zero-order valence-electron chi connectivity index (χ0n) is 23.9. The number of likely N-dealkylation sites (tertiary alicyclic amines) is 1. The van der Waals surface area contributed by atoms with Crippen LogP contribution in [-0.4, -0.2) is 75.1 Å². The number of fused-ring (bicyclic) bond motifs is 2. The van der Waals surface area contributed by atoms with Gasteiger partial charge >= 0.3 is 6.18 Å². The molecule has 0 bridgehead atoms. The second-order valence-corrected chi connectivity index (χ2v) is 13.3. The molecule has 2 fully saturated rings. The van der Waals surface area contributed by atoms with E-state index >= 15 is 0 Å². The van der Waals surface area contributed by atoms with E-state index in [1.54, 1.807) is 36.8 Å². The molecule has 4 heterocycles. The smallest absolute Gasteiger partial charge is 0.383 e. The molecule has 43 heavy (non-hydrogen) atoms. The Morgan fingerprint density at radius 1 is 1.07 bits per heavy atom. The molecule has 3 aliphatic rings. The van der Waals surface area contributed by atoms with Crippen LogP contribution in [0.25, 0.3) is 0 Å². The van der Waals surface area contributed by atoms with Gasteiger partial charge in [0.25, 0.3) is 5.56 Å². The molecule has 0 spiro atoms. The van der Waals surface area contributed by atoms with E-state index in [0.29, 0.717) is 51.6 Å². The highest BCUT2D eigenvalue weighted by Gasteiger charge is 2.41. The maximum atomic E-state index is 13.1. The Labute approximate surface area is 257 Å². The first kappa shape index (κ1) is 30.4. The molecule has 0 amide bonds. The maximum absolute atomic E-state index is 13.1. The highest BCUT2D eigenvalue weighted by Crippen LogP contribution is 2.52. The van der Waals surface area contributed by atoms with Gasteiger partial charge < -0.3 is 29.6 Å². The second-order valence-electron chi connectivity index (χ2n) is 11.1. The number of benzene rings is 2. The third kappa shape index (κ3) is 7.04. The lowest BCUT2D eigenvalue weighted by Crippen LogP contribution is -2.45. The molecule has 0 aliphatic carbocycles. The monoisotopic (exact) mass is 632 g/mol. The summed E-state index contributed by atoms with van der Waals surface area (Å²) in [5, 5.41) is 3.57. The van der Waals surface area contributed by atoms with Gasteiger partial charge in [0.2, 0.25) is 0 Å². The number of anilines is 2. The van der Waals surface area contributed by atoms with Gasteiger partial charge in [-0.3, -0.25) is 4.79 Å². The van der Waals surface area contributed by atoms with E-state index in [0.717, 1.165) is 25.9 Å². The molecule has 2 saturated heterocycles. The van der Waals surface area contributed by atoms with Crippen LogP contribution in [0.4, 0.5) is 24.5 Å². The number of hydrogen-bond acceptors (Lipinski definition) is 8. The molecule has 2 N–H and O–H groups in total. The van der Waals surface area contributed by atoms with Crippen molar-refractivity contribution in [2.24, 2.45) is 5.92 Å². The van der Waals surface area contributed by atoms with Crippen LogP contribution in [-0.2, 0) is 9.47 Å². The SMILES string of the molecule is COCC(CN1CCC(C(F)(F)F)CC1)Nc1ccc2c(c1)Sc1cccc([C@H]3CN(c4ccc[nH]c4=O)CCO3)c1S2. The predicted octanol–water partition coefficient (Wildman–Crippen LogP) is 6.27. The number of nitrogens with zero attached hydrogens (tertiary/aromatic N) is 2. The number of alkyl halides is 3. The Kier molecular flexibility index (Phi) is 9.29. The lowest BCUT2D eigenvalue weighted by atomic mass is 9.96. The summed E-state index contributed by atoms with van der Waals surface area (Å²) in [5.41, 5.74) is 2.64. The molecule has 2 atom stereocenters. The number of halogens is 3. The topological polar surface area (TPSA) is 69.8 Å². The van der Waals surface area contributed by atoms with Crippen molar-refractivity contribution in [1.82, 2.24) is 9.88 Å². The number of hydrogen-bond donors (Lipinski definition) is 2. The molecule has 7 nitrogen and oxygen atoms in total. The van der Waals surface area contributed by atoms with Crippen LogP contribution in [0.5, 0.6) is 0 Å². The van der Waals surface area contributed by atoms with Gasteiger partial charge in [0.05, 0.1) is 25.2 Å². The number of aromatic amines is 1. The maximum Gasteiger partial charge on any atom is 0.391 e. The van der Waals surface area contributed by atoms with Crippen LogP contribution in [0, 0.1) is 5.92 Å². The number of morpholine rings is 1. The van der Waals surface area contributed by atoms with Crippen molar-refractivity contribution in [1.29, 1.82) is 0 Å². The standard InChI is InChI=1S/C31H35F3N4O3S2/c1-40-19-22(17-37-12-9-20(10-13-37)31(32,33)34)36-21-7-8-26-28(16-21)42-27-6-2-4-23(29(27)43-26)25-18-38(14-15-41-25)24-5-3-11-35-30(24)39/h2-8,11,16,20,22,25,36H,9-10,12-15,17-19H2,1H3,(H,35,39)/t22?,25-/m1/s1. The number of ether oxygens (including phenoxy) is 2. The van der Waals surface area contributed by atoms with Crippen LogP contribution in [0.1, 0.15) is 24.5 Å². The highest BCUT2D eigenvalue weighted by atomic mass is 32.2. The average molecular weight is 633 g/mol. The normalized spacial score (nSPS) is 20.4. The molecular formula is C31H35F3N4O3S2. The number of rotatable bonds is 8. The zero-order valence-corrected chi connectivity index (χ0v) is 25.5. The number of aromatic nitrogens is 1. The molecule has 0 saturated carbocycles. The van der Waals surface area contributed by atoms with Crippen molar-refractivity contribution >= 4 is 34.9 Å². The van der Waals surface area contributed by atoms with Crippen molar-refractivity contribution in [3.8, 4) is 0 Å². The molecule has 0 radical (unpaired) electrons. The molecule has 12 heteroatoms. The van der Waals surface area contributed by atoms with Gasteiger partial charge in [-0.2, -0.15) is 13.2 Å². The van der Waals surface area contributed by atoms with Crippen molar-refractivity contribution in [3.63, 3.8) is 0 Å². The summed E-state index contributed by atoms with van der Waals surface area (Å²) in [6, 6.07) is 16.3. The highest BCUT2D eigenvalue weighted by molar-refractivity contribution is 8.05. The summed E-state index contributed by atoms with van der Waals surface area (Å²) in [7, 11) is 1.64. The van der Waals surface area contributed by atoms with E-state index in [9.17, 15) is 18.0 Å². The third-order valence-corrected chi connectivity index (χ3v) is 10.8. The average Bonchev–Trinajstić information content (AvgIpc) is 3.00. The molecule has 230 valence electrons. The van der Waals surface area contributed by atoms with Crippen molar-refractivity contribution < 1.29 is 22.6 Å². The van der Waals surface area contributed by atoms with E-state index in [2.05, 4.69) is 56.5 Å². The Morgan fingerprint density at radius 2 is 1.91 bits per heavy atom. The fourth-order valence-electron chi connectivity index (χ4n) is 6.02. The zero-order chi connectivity index (χ0) is 30.0. The Morgan fingerprint density at radius 3 is 2.67 bits per heavy atom. The summed E-state index contributed by atoms with van der Waals surface area (Å²) in [6.07, 6.45) is -2.33. The van der Waals surface area contributed by atoms with E-state index in [1.807, 2.05) is 12.1 Å². The fourth-order valence-corrected chi connectivity index (χ4v) is 8.47. The number of nitrogens with one attached hydrogen (secondary N) is 2. The minimum Gasteiger partial charge on any atom is -0.383 e. The van der Waals surface area contributed by atoms with Crippen LogP contribution in [0.3, 0.4) is 0 Å². The number of methoxy groups -OCH3 is 1. The van der Waals surface area contributed by atoms with Crippen LogP contribution in [0.2, 0.25) is 0 Å². The second kappa shape index (κ2) is 13.2. The Bertz CT molecular complexity index is 1480. The quantitative estimate of drug-likeness (QED) is 0.236. The van der Waals surface area contributed by atoms with Crippen LogP contribution < -0.4 is 15.8 Å².